The van der Waals surface area contributed by atoms with Crippen LogP contribution in [0, 0.1) is 0 Å². The normalized spacial score (nSPS) is 20.2. The van der Waals surface area contributed by atoms with Gasteiger partial charge in [-0.2, -0.15) is 0 Å². The van der Waals surface area contributed by atoms with Crippen LogP contribution < -0.4 is 5.32 Å². The van der Waals surface area contributed by atoms with E-state index in [0.717, 1.165) is 39.4 Å². The first-order valence-electron chi connectivity index (χ1n) is 6.34. The standard InChI is InChI=1S/C13H21BrN2OS/c1-13(2)10-17-6-5-16(13)4-3-15-8-12-7-11(14)9-18-12/h7,9,15H,3-6,8,10H2,1-2H3. The van der Waals surface area contributed by atoms with Crippen molar-refractivity contribution in [3.8, 4) is 0 Å². The molecule has 102 valence electrons. The van der Waals surface area contributed by atoms with Crippen molar-refractivity contribution in [2.45, 2.75) is 25.9 Å². The second-order valence-electron chi connectivity index (χ2n) is 5.26. The van der Waals surface area contributed by atoms with Crippen molar-refractivity contribution in [3.05, 3.63) is 20.8 Å². The van der Waals surface area contributed by atoms with Crippen molar-refractivity contribution in [2.75, 3.05) is 32.8 Å². The summed E-state index contributed by atoms with van der Waals surface area (Å²) in [5, 5.41) is 5.63. The lowest BCUT2D eigenvalue weighted by atomic mass is 10.0. The molecule has 1 N–H and O–H groups in total. The van der Waals surface area contributed by atoms with Crippen molar-refractivity contribution in [1.82, 2.24) is 10.2 Å². The van der Waals surface area contributed by atoms with Gasteiger partial charge < -0.3 is 10.1 Å². The summed E-state index contributed by atoms with van der Waals surface area (Å²) in [5.41, 5.74) is 0.173. The maximum atomic E-state index is 5.53. The van der Waals surface area contributed by atoms with Crippen LogP contribution in [0.15, 0.2) is 15.9 Å². The van der Waals surface area contributed by atoms with Crippen LogP contribution in [0.1, 0.15) is 18.7 Å². The number of rotatable bonds is 5. The smallest absolute Gasteiger partial charge is 0.0645 e. The molecule has 0 radical (unpaired) electrons. The van der Waals surface area contributed by atoms with Gasteiger partial charge in [-0.1, -0.05) is 0 Å². The average Bonchev–Trinajstić information content (AvgIpc) is 2.72. The summed E-state index contributed by atoms with van der Waals surface area (Å²) in [7, 11) is 0. The fourth-order valence-electron chi connectivity index (χ4n) is 2.18. The molecular formula is C13H21BrN2OS. The van der Waals surface area contributed by atoms with Gasteiger partial charge in [0.2, 0.25) is 0 Å². The number of morpholine rings is 1. The second kappa shape index (κ2) is 6.48. The zero-order valence-corrected chi connectivity index (χ0v) is 13.4. The molecule has 18 heavy (non-hydrogen) atoms. The third-order valence-corrected chi connectivity index (χ3v) is 4.99. The van der Waals surface area contributed by atoms with Gasteiger partial charge in [0.25, 0.3) is 0 Å². The Morgan fingerprint density at radius 1 is 1.56 bits per heavy atom. The molecule has 0 atom stereocenters. The highest BCUT2D eigenvalue weighted by Crippen LogP contribution is 2.20. The zero-order chi connectivity index (χ0) is 13.0. The molecule has 5 heteroatoms. The van der Waals surface area contributed by atoms with Crippen molar-refractivity contribution < 1.29 is 4.74 Å². The molecule has 0 aromatic carbocycles. The first-order valence-corrected chi connectivity index (χ1v) is 8.02. The van der Waals surface area contributed by atoms with Crippen molar-refractivity contribution in [2.24, 2.45) is 0 Å². The lowest BCUT2D eigenvalue weighted by Gasteiger charge is -2.42. The van der Waals surface area contributed by atoms with Gasteiger partial charge in [-0.3, -0.25) is 4.90 Å². The topological polar surface area (TPSA) is 24.5 Å². The highest BCUT2D eigenvalue weighted by Gasteiger charge is 2.29. The van der Waals surface area contributed by atoms with E-state index in [1.165, 1.54) is 9.35 Å². The maximum Gasteiger partial charge on any atom is 0.0645 e. The second-order valence-corrected chi connectivity index (χ2v) is 7.17. The van der Waals surface area contributed by atoms with E-state index >= 15 is 0 Å². The molecule has 1 fully saturated rings. The van der Waals surface area contributed by atoms with Crippen LogP contribution in [0.2, 0.25) is 0 Å². The van der Waals surface area contributed by atoms with Crippen LogP contribution in [0.4, 0.5) is 0 Å². The SMILES string of the molecule is CC1(C)COCCN1CCNCc1cc(Br)cs1. The minimum Gasteiger partial charge on any atom is -0.378 e. The fraction of sp³-hybridized carbons (Fsp3) is 0.692. The third kappa shape index (κ3) is 4.03. The minimum atomic E-state index is 0.173. The van der Waals surface area contributed by atoms with E-state index < -0.39 is 0 Å². The molecule has 0 amide bonds. The van der Waals surface area contributed by atoms with Crippen LogP contribution in [-0.4, -0.2) is 43.3 Å². The van der Waals surface area contributed by atoms with E-state index in [4.69, 9.17) is 4.74 Å². The van der Waals surface area contributed by atoms with E-state index in [9.17, 15) is 0 Å². The molecule has 1 aliphatic heterocycles. The molecule has 3 nitrogen and oxygen atoms in total. The molecule has 1 aromatic rings. The van der Waals surface area contributed by atoms with Crippen LogP contribution >= 0.6 is 27.3 Å². The summed E-state index contributed by atoms with van der Waals surface area (Å²) >= 11 is 5.27. The maximum absolute atomic E-state index is 5.53. The minimum absolute atomic E-state index is 0.173. The summed E-state index contributed by atoms with van der Waals surface area (Å²) in [4.78, 5) is 3.89. The molecule has 2 heterocycles. The molecule has 0 aliphatic carbocycles. The predicted octanol–water partition coefficient (Wildman–Crippen LogP) is 2.71. The number of thiophene rings is 1. The van der Waals surface area contributed by atoms with Gasteiger partial charge in [0, 0.05) is 46.4 Å². The summed E-state index contributed by atoms with van der Waals surface area (Å²) in [6.07, 6.45) is 0. The average molecular weight is 333 g/mol. The highest BCUT2D eigenvalue weighted by molar-refractivity contribution is 9.10. The lowest BCUT2D eigenvalue weighted by Crippen LogP contribution is -2.54. The van der Waals surface area contributed by atoms with Gasteiger partial charge in [-0.15, -0.1) is 11.3 Å². The molecule has 1 aliphatic rings. The van der Waals surface area contributed by atoms with E-state index in [0.29, 0.717) is 0 Å². The number of hydrogen-bond acceptors (Lipinski definition) is 4. The van der Waals surface area contributed by atoms with Crippen molar-refractivity contribution >= 4 is 27.3 Å². The number of nitrogens with zero attached hydrogens (tertiary/aromatic N) is 1. The Labute approximate surface area is 122 Å². The van der Waals surface area contributed by atoms with Crippen LogP contribution in [0.25, 0.3) is 0 Å². The number of nitrogens with one attached hydrogen (secondary N) is 1. The van der Waals surface area contributed by atoms with E-state index in [1.807, 2.05) is 0 Å². The van der Waals surface area contributed by atoms with Crippen molar-refractivity contribution in [1.29, 1.82) is 0 Å². The molecule has 0 bridgehead atoms. The summed E-state index contributed by atoms with van der Waals surface area (Å²) in [6.45, 7) is 10.3. The Kier molecular flexibility index (Phi) is 5.21. The molecule has 1 aromatic heterocycles. The first kappa shape index (κ1) is 14.5. The molecular weight excluding hydrogens is 312 g/mol. The van der Waals surface area contributed by atoms with Gasteiger partial charge in [0.1, 0.15) is 0 Å². The van der Waals surface area contributed by atoms with E-state index in [1.54, 1.807) is 11.3 Å². The molecule has 0 unspecified atom stereocenters. The van der Waals surface area contributed by atoms with Crippen LogP contribution in [-0.2, 0) is 11.3 Å². The Balaban J connectivity index is 1.68. The number of ether oxygens (including phenoxy) is 1. The Bertz CT molecular complexity index is 381. The summed E-state index contributed by atoms with van der Waals surface area (Å²) < 4.78 is 6.71. The Morgan fingerprint density at radius 2 is 2.39 bits per heavy atom. The van der Waals surface area contributed by atoms with Crippen LogP contribution in [0.5, 0.6) is 0 Å². The zero-order valence-electron chi connectivity index (χ0n) is 11.0. The summed E-state index contributed by atoms with van der Waals surface area (Å²) in [5.74, 6) is 0. The fourth-order valence-corrected chi connectivity index (χ4v) is 3.60. The predicted molar refractivity (Wildman–Crippen MR) is 80.2 cm³/mol. The first-order chi connectivity index (χ1) is 8.58. The number of hydrogen-bond donors (Lipinski definition) is 1. The van der Waals surface area contributed by atoms with Gasteiger partial charge >= 0.3 is 0 Å². The van der Waals surface area contributed by atoms with Gasteiger partial charge in [0.15, 0.2) is 0 Å². The lowest BCUT2D eigenvalue weighted by molar-refractivity contribution is -0.0500. The Morgan fingerprint density at radius 3 is 3.06 bits per heavy atom. The van der Waals surface area contributed by atoms with Crippen LogP contribution in [0.3, 0.4) is 0 Å². The molecule has 1 saturated heterocycles. The largest absolute Gasteiger partial charge is 0.378 e. The van der Waals surface area contributed by atoms with Crippen molar-refractivity contribution in [3.63, 3.8) is 0 Å². The van der Waals surface area contributed by atoms with E-state index in [-0.39, 0.29) is 5.54 Å². The van der Waals surface area contributed by atoms with Gasteiger partial charge in [-0.25, -0.2) is 0 Å². The molecule has 0 spiro atoms. The van der Waals surface area contributed by atoms with Gasteiger partial charge in [-0.05, 0) is 35.8 Å². The van der Waals surface area contributed by atoms with E-state index in [2.05, 4.69) is 51.4 Å². The highest BCUT2D eigenvalue weighted by atomic mass is 79.9. The molecule has 2 rings (SSSR count). The Hall–Kier alpha value is 0.0600. The monoisotopic (exact) mass is 332 g/mol. The van der Waals surface area contributed by atoms with Gasteiger partial charge in [0.05, 0.1) is 13.2 Å². The summed E-state index contributed by atoms with van der Waals surface area (Å²) in [6, 6.07) is 2.18. The quantitative estimate of drug-likeness (QED) is 0.839. The third-order valence-electron chi connectivity index (χ3n) is 3.30. The number of halogens is 1. The molecule has 0 saturated carbocycles.